The van der Waals surface area contributed by atoms with E-state index in [9.17, 15) is 4.79 Å². The number of hydrogen-bond acceptors (Lipinski definition) is 5. The number of aromatic nitrogens is 2. The van der Waals surface area contributed by atoms with Crippen molar-refractivity contribution in [1.29, 1.82) is 0 Å². The molecule has 0 bridgehead atoms. The van der Waals surface area contributed by atoms with Gasteiger partial charge in [-0.05, 0) is 49.9 Å². The number of hydrogen-bond donors (Lipinski definition) is 0. The van der Waals surface area contributed by atoms with Gasteiger partial charge < -0.3 is 14.2 Å². The molecule has 1 saturated heterocycles. The molecule has 2 heterocycles. The minimum absolute atomic E-state index is 0.124. The maximum absolute atomic E-state index is 12.9. The minimum Gasteiger partial charge on any atom is -0.497 e. The Morgan fingerprint density at radius 2 is 2.07 bits per heavy atom. The fraction of sp³-hybridized carbons (Fsp3) is 0.348. The highest BCUT2D eigenvalue weighted by molar-refractivity contribution is 5.77. The molecule has 1 fully saturated rings. The number of benzene rings is 2. The van der Waals surface area contributed by atoms with Gasteiger partial charge in [-0.15, -0.1) is 0 Å². The van der Waals surface area contributed by atoms with Crippen LogP contribution in [0.15, 0.2) is 53.1 Å². The molecule has 0 saturated carbocycles. The summed E-state index contributed by atoms with van der Waals surface area (Å²) < 4.78 is 10.7. The number of likely N-dealkylation sites (tertiary alicyclic amines) is 1. The summed E-state index contributed by atoms with van der Waals surface area (Å²) in [6.45, 7) is 2.76. The smallest absolute Gasteiger partial charge is 0.249 e. The second-order valence-corrected chi connectivity index (χ2v) is 7.42. The van der Waals surface area contributed by atoms with Gasteiger partial charge >= 0.3 is 0 Å². The maximum atomic E-state index is 12.9. The largest absolute Gasteiger partial charge is 0.497 e. The molecule has 1 aliphatic heterocycles. The van der Waals surface area contributed by atoms with Gasteiger partial charge in [0.05, 0.1) is 7.11 Å². The van der Waals surface area contributed by atoms with Crippen molar-refractivity contribution < 1.29 is 14.1 Å². The molecule has 3 aromatic rings. The Morgan fingerprint density at radius 3 is 2.83 bits per heavy atom. The van der Waals surface area contributed by atoms with Crippen molar-refractivity contribution in [2.75, 3.05) is 13.7 Å². The number of methoxy groups -OCH3 is 1. The van der Waals surface area contributed by atoms with Gasteiger partial charge in [0.25, 0.3) is 0 Å². The molecular weight excluding hydrogens is 366 g/mol. The first-order chi connectivity index (χ1) is 14.1. The molecule has 1 aliphatic rings. The van der Waals surface area contributed by atoms with Crippen LogP contribution in [0.1, 0.15) is 42.3 Å². The zero-order valence-electron chi connectivity index (χ0n) is 16.8. The summed E-state index contributed by atoms with van der Waals surface area (Å²) >= 11 is 0. The van der Waals surface area contributed by atoms with E-state index in [2.05, 4.69) is 10.1 Å². The van der Waals surface area contributed by atoms with E-state index in [1.165, 1.54) is 0 Å². The second kappa shape index (κ2) is 8.47. The van der Waals surface area contributed by atoms with Crippen LogP contribution >= 0.6 is 0 Å². The van der Waals surface area contributed by atoms with Gasteiger partial charge in [-0.3, -0.25) is 4.79 Å². The van der Waals surface area contributed by atoms with Gasteiger partial charge in [-0.25, -0.2) is 0 Å². The van der Waals surface area contributed by atoms with E-state index in [1.807, 2.05) is 60.4 Å². The summed E-state index contributed by atoms with van der Waals surface area (Å²) in [7, 11) is 1.65. The Bertz CT molecular complexity index is 981. The first-order valence-electron chi connectivity index (χ1n) is 9.97. The normalized spacial score (nSPS) is 16.2. The van der Waals surface area contributed by atoms with Crippen LogP contribution in [-0.4, -0.2) is 34.6 Å². The fourth-order valence-electron chi connectivity index (χ4n) is 3.78. The van der Waals surface area contributed by atoms with Crippen molar-refractivity contribution in [3.63, 3.8) is 0 Å². The van der Waals surface area contributed by atoms with E-state index in [0.29, 0.717) is 24.6 Å². The molecule has 1 atom stereocenters. The van der Waals surface area contributed by atoms with Crippen LogP contribution in [0.4, 0.5) is 0 Å². The summed E-state index contributed by atoms with van der Waals surface area (Å²) in [6.07, 6.45) is 2.96. The van der Waals surface area contributed by atoms with Gasteiger partial charge in [-0.2, -0.15) is 4.98 Å². The number of rotatable bonds is 6. The van der Waals surface area contributed by atoms with Crippen LogP contribution in [0.2, 0.25) is 0 Å². The van der Waals surface area contributed by atoms with E-state index >= 15 is 0 Å². The summed E-state index contributed by atoms with van der Waals surface area (Å²) in [6, 6.07) is 15.7. The monoisotopic (exact) mass is 391 g/mol. The standard InChI is InChI=1S/C23H25N3O3/c1-16-5-3-6-18(15-16)22-24-23(29-25-22)20-7-4-14-26(20)21(27)13-10-17-8-11-19(28-2)12-9-17/h3,5-6,8-9,11-12,15,20H,4,7,10,13-14H2,1-2H3. The van der Waals surface area contributed by atoms with Gasteiger partial charge in [0, 0.05) is 18.5 Å². The van der Waals surface area contributed by atoms with Crippen molar-refractivity contribution in [3.8, 4) is 17.1 Å². The zero-order chi connectivity index (χ0) is 20.2. The SMILES string of the molecule is COc1ccc(CCC(=O)N2CCCC2c2nc(-c3cccc(C)c3)no2)cc1. The predicted molar refractivity (Wildman–Crippen MR) is 109 cm³/mol. The van der Waals surface area contributed by atoms with Gasteiger partial charge in [0.1, 0.15) is 11.8 Å². The van der Waals surface area contributed by atoms with Gasteiger partial charge in [0.2, 0.25) is 17.6 Å². The molecule has 29 heavy (non-hydrogen) atoms. The van der Waals surface area contributed by atoms with Crippen LogP contribution in [0.5, 0.6) is 5.75 Å². The van der Waals surface area contributed by atoms with Gasteiger partial charge in [-0.1, -0.05) is 41.1 Å². The average Bonchev–Trinajstić information content (AvgIpc) is 3.42. The Morgan fingerprint density at radius 1 is 1.24 bits per heavy atom. The Balaban J connectivity index is 1.42. The molecule has 2 aromatic carbocycles. The highest BCUT2D eigenvalue weighted by Crippen LogP contribution is 2.32. The van der Waals surface area contributed by atoms with Crippen LogP contribution < -0.4 is 4.74 Å². The Labute approximate surface area is 170 Å². The quantitative estimate of drug-likeness (QED) is 0.625. The third-order valence-electron chi connectivity index (χ3n) is 5.36. The highest BCUT2D eigenvalue weighted by Gasteiger charge is 2.33. The molecule has 6 nitrogen and oxygen atoms in total. The van der Waals surface area contributed by atoms with Crippen molar-refractivity contribution in [2.45, 2.75) is 38.6 Å². The summed E-state index contributed by atoms with van der Waals surface area (Å²) in [5.74, 6) is 2.04. The van der Waals surface area contributed by atoms with Crippen molar-refractivity contribution in [2.24, 2.45) is 0 Å². The van der Waals surface area contributed by atoms with Crippen LogP contribution in [0.3, 0.4) is 0 Å². The minimum atomic E-state index is -0.135. The molecular formula is C23H25N3O3. The molecule has 1 unspecified atom stereocenters. The zero-order valence-corrected chi connectivity index (χ0v) is 16.8. The lowest BCUT2D eigenvalue weighted by molar-refractivity contribution is -0.132. The number of ether oxygens (including phenoxy) is 1. The second-order valence-electron chi connectivity index (χ2n) is 7.42. The lowest BCUT2D eigenvalue weighted by Gasteiger charge is -2.21. The van der Waals surface area contributed by atoms with E-state index in [0.717, 1.165) is 41.8 Å². The molecule has 0 aliphatic carbocycles. The lowest BCUT2D eigenvalue weighted by atomic mass is 10.1. The average molecular weight is 391 g/mol. The Hall–Kier alpha value is -3.15. The van der Waals surface area contributed by atoms with Crippen molar-refractivity contribution in [1.82, 2.24) is 15.0 Å². The molecule has 0 spiro atoms. The number of aryl methyl sites for hydroxylation is 2. The first kappa shape index (κ1) is 19.2. The molecule has 0 radical (unpaired) electrons. The van der Waals surface area contributed by atoms with Crippen LogP contribution in [-0.2, 0) is 11.2 Å². The van der Waals surface area contributed by atoms with E-state index in [4.69, 9.17) is 9.26 Å². The predicted octanol–water partition coefficient (Wildman–Crippen LogP) is 4.35. The number of carbonyl (C=O) groups excluding carboxylic acids is 1. The molecule has 6 heteroatoms. The first-order valence-corrected chi connectivity index (χ1v) is 9.97. The molecule has 1 amide bonds. The third kappa shape index (κ3) is 4.31. The van der Waals surface area contributed by atoms with E-state index < -0.39 is 0 Å². The van der Waals surface area contributed by atoms with Gasteiger partial charge in [0.15, 0.2) is 0 Å². The topological polar surface area (TPSA) is 68.5 Å². The van der Waals surface area contributed by atoms with Crippen LogP contribution in [0, 0.1) is 6.92 Å². The molecule has 1 aromatic heterocycles. The fourth-order valence-corrected chi connectivity index (χ4v) is 3.78. The number of nitrogens with zero attached hydrogens (tertiary/aromatic N) is 3. The van der Waals surface area contributed by atoms with Crippen LogP contribution in [0.25, 0.3) is 11.4 Å². The molecule has 4 rings (SSSR count). The van der Waals surface area contributed by atoms with Crippen molar-refractivity contribution >= 4 is 5.91 Å². The number of amides is 1. The highest BCUT2D eigenvalue weighted by atomic mass is 16.5. The Kier molecular flexibility index (Phi) is 5.60. The summed E-state index contributed by atoms with van der Waals surface area (Å²) in [5, 5.41) is 4.14. The summed E-state index contributed by atoms with van der Waals surface area (Å²) in [5.41, 5.74) is 3.19. The van der Waals surface area contributed by atoms with E-state index in [1.54, 1.807) is 7.11 Å². The summed E-state index contributed by atoms with van der Waals surface area (Å²) in [4.78, 5) is 19.3. The lowest BCUT2D eigenvalue weighted by Crippen LogP contribution is -2.30. The molecule has 150 valence electrons. The van der Waals surface area contributed by atoms with E-state index in [-0.39, 0.29) is 11.9 Å². The molecule has 0 N–H and O–H groups in total. The number of carbonyl (C=O) groups is 1. The van der Waals surface area contributed by atoms with Crippen molar-refractivity contribution in [3.05, 3.63) is 65.5 Å². The maximum Gasteiger partial charge on any atom is 0.249 e. The third-order valence-corrected chi connectivity index (χ3v) is 5.36.